The van der Waals surface area contributed by atoms with Crippen LogP contribution in [0.25, 0.3) is 0 Å². The Labute approximate surface area is 103 Å². The summed E-state index contributed by atoms with van der Waals surface area (Å²) in [5.41, 5.74) is 5.07. The lowest BCUT2D eigenvalue weighted by Gasteiger charge is -2.41. The molecular weight excluding hydrogens is 216 g/mol. The molecule has 17 heavy (non-hydrogen) atoms. The molecule has 2 rings (SSSR count). The van der Waals surface area contributed by atoms with Gasteiger partial charge in [0, 0.05) is 25.9 Å². The fourth-order valence-electron chi connectivity index (χ4n) is 3.22. The predicted molar refractivity (Wildman–Crippen MR) is 65.1 cm³/mol. The van der Waals surface area contributed by atoms with Gasteiger partial charge in [0.05, 0.1) is 0 Å². The highest BCUT2D eigenvalue weighted by Gasteiger charge is 2.32. The van der Waals surface area contributed by atoms with Gasteiger partial charge in [-0.15, -0.1) is 0 Å². The molecule has 4 nitrogen and oxygen atoms in total. The van der Waals surface area contributed by atoms with Gasteiger partial charge in [-0.05, 0) is 24.7 Å². The van der Waals surface area contributed by atoms with Crippen LogP contribution in [0.4, 0.5) is 0 Å². The van der Waals surface area contributed by atoms with Crippen LogP contribution >= 0.6 is 0 Å². The van der Waals surface area contributed by atoms with E-state index in [1.54, 1.807) is 0 Å². The van der Waals surface area contributed by atoms with Crippen LogP contribution < -0.4 is 5.73 Å². The van der Waals surface area contributed by atoms with E-state index in [9.17, 15) is 9.59 Å². The fourth-order valence-corrected chi connectivity index (χ4v) is 3.22. The van der Waals surface area contributed by atoms with E-state index in [1.807, 2.05) is 4.90 Å². The van der Waals surface area contributed by atoms with Crippen LogP contribution in [-0.2, 0) is 9.59 Å². The first kappa shape index (κ1) is 12.4. The number of likely N-dealkylation sites (tertiary alicyclic amines) is 1. The summed E-state index contributed by atoms with van der Waals surface area (Å²) in [6, 6.07) is 0. The van der Waals surface area contributed by atoms with Crippen LogP contribution in [0.5, 0.6) is 0 Å². The monoisotopic (exact) mass is 238 g/mol. The van der Waals surface area contributed by atoms with E-state index in [0.29, 0.717) is 5.92 Å². The van der Waals surface area contributed by atoms with Gasteiger partial charge in [-0.2, -0.15) is 0 Å². The number of carbonyl (C=O) groups is 2. The summed E-state index contributed by atoms with van der Waals surface area (Å²) in [5.74, 6) is 1.26. The van der Waals surface area contributed by atoms with Crippen LogP contribution in [0, 0.1) is 11.8 Å². The Kier molecular flexibility index (Phi) is 4.02. The van der Waals surface area contributed by atoms with Crippen LogP contribution in [0.1, 0.15) is 44.9 Å². The summed E-state index contributed by atoms with van der Waals surface area (Å²) in [6.45, 7) is 1.78. The van der Waals surface area contributed by atoms with Gasteiger partial charge in [0.15, 0.2) is 0 Å². The number of fused-ring (bicyclic) bond motifs is 1. The van der Waals surface area contributed by atoms with Crippen LogP contribution in [0.3, 0.4) is 0 Å². The van der Waals surface area contributed by atoms with Crippen molar-refractivity contribution in [1.82, 2.24) is 4.90 Å². The summed E-state index contributed by atoms with van der Waals surface area (Å²) in [5, 5.41) is 0. The molecule has 2 unspecified atom stereocenters. The minimum atomic E-state index is -0.383. The maximum atomic E-state index is 11.9. The first-order valence-electron chi connectivity index (χ1n) is 6.73. The molecule has 0 aromatic heterocycles. The predicted octanol–water partition coefficient (Wildman–Crippen LogP) is 1.29. The van der Waals surface area contributed by atoms with E-state index in [-0.39, 0.29) is 24.7 Å². The number of carbonyl (C=O) groups excluding carboxylic acids is 2. The number of nitrogens with zero attached hydrogens (tertiary/aromatic N) is 1. The smallest absolute Gasteiger partial charge is 0.223 e. The molecule has 96 valence electrons. The number of amides is 2. The molecular formula is C13H22N2O2. The Balaban J connectivity index is 1.82. The Hall–Kier alpha value is -1.06. The van der Waals surface area contributed by atoms with Gasteiger partial charge in [0.1, 0.15) is 0 Å². The Morgan fingerprint density at radius 3 is 2.47 bits per heavy atom. The van der Waals surface area contributed by atoms with Gasteiger partial charge in [0.2, 0.25) is 11.8 Å². The van der Waals surface area contributed by atoms with E-state index in [4.69, 9.17) is 5.73 Å². The lowest BCUT2D eigenvalue weighted by atomic mass is 9.75. The lowest BCUT2D eigenvalue weighted by molar-refractivity contribution is -0.135. The second-order valence-electron chi connectivity index (χ2n) is 5.40. The number of nitrogens with two attached hydrogens (primary N) is 1. The van der Waals surface area contributed by atoms with Gasteiger partial charge >= 0.3 is 0 Å². The van der Waals surface area contributed by atoms with Crippen molar-refractivity contribution < 1.29 is 9.59 Å². The molecule has 2 atom stereocenters. The SMILES string of the molecule is NC(=O)CCC(=O)N1CCC2CCCCC2C1. The topological polar surface area (TPSA) is 63.4 Å². The Morgan fingerprint density at radius 1 is 1.06 bits per heavy atom. The van der Waals surface area contributed by atoms with Crippen molar-refractivity contribution in [2.75, 3.05) is 13.1 Å². The molecule has 2 amide bonds. The molecule has 0 bridgehead atoms. The van der Waals surface area contributed by atoms with Crippen molar-refractivity contribution in [3.05, 3.63) is 0 Å². The number of hydrogen-bond acceptors (Lipinski definition) is 2. The maximum absolute atomic E-state index is 11.9. The number of piperidine rings is 1. The van der Waals surface area contributed by atoms with E-state index in [1.165, 1.54) is 25.7 Å². The molecule has 4 heteroatoms. The zero-order chi connectivity index (χ0) is 12.3. The van der Waals surface area contributed by atoms with Gasteiger partial charge in [-0.1, -0.05) is 19.3 Å². The fraction of sp³-hybridized carbons (Fsp3) is 0.846. The standard InChI is InChI=1S/C13H22N2O2/c14-12(16)5-6-13(17)15-8-7-10-3-1-2-4-11(10)9-15/h10-11H,1-9H2,(H2,14,16). The molecule has 0 aromatic rings. The third kappa shape index (κ3) is 3.20. The molecule has 2 fully saturated rings. The molecule has 0 radical (unpaired) electrons. The van der Waals surface area contributed by atoms with Gasteiger partial charge in [-0.25, -0.2) is 0 Å². The van der Waals surface area contributed by atoms with Crippen molar-refractivity contribution in [3.63, 3.8) is 0 Å². The molecule has 1 aliphatic carbocycles. The van der Waals surface area contributed by atoms with Crippen molar-refractivity contribution in [2.24, 2.45) is 17.6 Å². The summed E-state index contributed by atoms with van der Waals surface area (Å²) in [6.07, 6.45) is 6.89. The Bertz CT molecular complexity index is 304. The first-order valence-corrected chi connectivity index (χ1v) is 6.73. The molecule has 2 N–H and O–H groups in total. The molecule has 1 heterocycles. The van der Waals surface area contributed by atoms with Crippen molar-refractivity contribution in [3.8, 4) is 0 Å². The molecule has 1 saturated heterocycles. The van der Waals surface area contributed by atoms with E-state index in [0.717, 1.165) is 25.4 Å². The average molecular weight is 238 g/mol. The average Bonchev–Trinajstić information content (AvgIpc) is 2.35. The molecule has 0 aromatic carbocycles. The molecule has 1 aliphatic heterocycles. The van der Waals surface area contributed by atoms with Crippen LogP contribution in [0.15, 0.2) is 0 Å². The Morgan fingerprint density at radius 2 is 1.76 bits per heavy atom. The number of hydrogen-bond donors (Lipinski definition) is 1. The highest BCUT2D eigenvalue weighted by Crippen LogP contribution is 2.36. The first-order chi connectivity index (χ1) is 8.16. The summed E-state index contributed by atoms with van der Waals surface area (Å²) in [7, 11) is 0. The van der Waals surface area contributed by atoms with Gasteiger partial charge in [0.25, 0.3) is 0 Å². The summed E-state index contributed by atoms with van der Waals surface area (Å²) >= 11 is 0. The van der Waals surface area contributed by atoms with Crippen molar-refractivity contribution in [2.45, 2.75) is 44.9 Å². The third-order valence-electron chi connectivity index (χ3n) is 4.23. The van der Waals surface area contributed by atoms with Crippen molar-refractivity contribution in [1.29, 1.82) is 0 Å². The van der Waals surface area contributed by atoms with E-state index >= 15 is 0 Å². The maximum Gasteiger partial charge on any atom is 0.223 e. The van der Waals surface area contributed by atoms with Gasteiger partial charge in [-0.3, -0.25) is 9.59 Å². The highest BCUT2D eigenvalue weighted by molar-refractivity contribution is 5.82. The van der Waals surface area contributed by atoms with Crippen LogP contribution in [-0.4, -0.2) is 29.8 Å². The van der Waals surface area contributed by atoms with Crippen LogP contribution in [0.2, 0.25) is 0 Å². The highest BCUT2D eigenvalue weighted by atomic mass is 16.2. The second-order valence-corrected chi connectivity index (χ2v) is 5.40. The third-order valence-corrected chi connectivity index (χ3v) is 4.23. The molecule has 0 spiro atoms. The summed E-state index contributed by atoms with van der Waals surface area (Å²) < 4.78 is 0. The quantitative estimate of drug-likeness (QED) is 0.805. The molecule has 2 aliphatic rings. The number of rotatable bonds is 3. The largest absolute Gasteiger partial charge is 0.370 e. The minimum Gasteiger partial charge on any atom is -0.370 e. The zero-order valence-electron chi connectivity index (χ0n) is 10.4. The second kappa shape index (κ2) is 5.52. The van der Waals surface area contributed by atoms with E-state index < -0.39 is 0 Å². The van der Waals surface area contributed by atoms with E-state index in [2.05, 4.69) is 0 Å². The van der Waals surface area contributed by atoms with Gasteiger partial charge < -0.3 is 10.6 Å². The lowest BCUT2D eigenvalue weighted by Crippen LogP contribution is -2.44. The molecule has 1 saturated carbocycles. The minimum absolute atomic E-state index is 0.104. The summed E-state index contributed by atoms with van der Waals surface area (Å²) in [4.78, 5) is 24.5. The normalized spacial score (nSPS) is 28.6. The zero-order valence-corrected chi connectivity index (χ0v) is 10.4. The number of primary amides is 1. The van der Waals surface area contributed by atoms with Crippen molar-refractivity contribution >= 4 is 11.8 Å².